The van der Waals surface area contributed by atoms with Crippen molar-refractivity contribution in [1.29, 1.82) is 5.26 Å². The molecule has 4 aromatic rings. The molecule has 244 valence electrons. The lowest BCUT2D eigenvalue weighted by Gasteiger charge is -2.19. The minimum atomic E-state index is -0.930. The largest absolute Gasteiger partial charge is 0.492 e. The molecule has 1 aliphatic heterocycles. The minimum Gasteiger partial charge on any atom is -0.492 e. The fourth-order valence-electron chi connectivity index (χ4n) is 4.66. The van der Waals surface area contributed by atoms with Crippen LogP contribution in [-0.4, -0.2) is 55.0 Å². The third-order valence-electron chi connectivity index (χ3n) is 6.78. The van der Waals surface area contributed by atoms with Crippen molar-refractivity contribution in [1.82, 2.24) is 9.88 Å². The molecule has 0 atom stereocenters. The van der Waals surface area contributed by atoms with Gasteiger partial charge >= 0.3 is 11.9 Å². The zero-order valence-electron chi connectivity index (χ0n) is 26.2. The summed E-state index contributed by atoms with van der Waals surface area (Å²) in [6.07, 6.45) is 3.20. The SMILES string of the molecule is CCOc1cc2ncc(C#N)c(Nc3ccc(OCc4ccccc4)c(Cl)c3)c2cc1NC(=O)/C1=C(/CN(C)C)OC(=O)/C=C\C(=O)O1. The molecule has 0 bridgehead atoms. The topological polar surface area (TPSA) is 152 Å². The number of amides is 1. The Morgan fingerprint density at radius 2 is 1.75 bits per heavy atom. The highest BCUT2D eigenvalue weighted by molar-refractivity contribution is 6.32. The van der Waals surface area contributed by atoms with Crippen LogP contribution in [0.25, 0.3) is 10.9 Å². The van der Waals surface area contributed by atoms with Gasteiger partial charge in [0.2, 0.25) is 5.76 Å². The van der Waals surface area contributed by atoms with E-state index < -0.39 is 23.6 Å². The van der Waals surface area contributed by atoms with E-state index in [-0.39, 0.29) is 35.9 Å². The number of anilines is 3. The quantitative estimate of drug-likeness (QED) is 0.185. The van der Waals surface area contributed by atoms with Crippen molar-refractivity contribution in [3.8, 4) is 17.6 Å². The highest BCUT2D eigenvalue weighted by Crippen LogP contribution is 2.38. The van der Waals surface area contributed by atoms with Gasteiger partial charge in [0.25, 0.3) is 5.91 Å². The van der Waals surface area contributed by atoms with E-state index in [2.05, 4.69) is 21.7 Å². The first-order valence-electron chi connectivity index (χ1n) is 14.7. The van der Waals surface area contributed by atoms with Crippen LogP contribution in [0.3, 0.4) is 0 Å². The third-order valence-corrected chi connectivity index (χ3v) is 7.07. The molecule has 0 fully saturated rings. The number of esters is 2. The maximum Gasteiger partial charge on any atom is 0.336 e. The molecule has 1 amide bonds. The lowest BCUT2D eigenvalue weighted by molar-refractivity contribution is -0.142. The standard InChI is InChI=1S/C35H30ClN5O7/c1-4-45-29-16-26-24(15-27(29)40-35(44)34-30(19-41(2)3)47-31(42)12-13-32(43)48-34)33(22(17-37)18-38-26)39-23-10-11-28(25(36)14-23)46-20-21-8-6-5-7-9-21/h5-16,18H,4,19-20H2,1-3H3,(H,38,39)(H,40,44)/b13-12-,34-30+. The first kappa shape index (κ1) is 33.5. The number of nitriles is 1. The van der Waals surface area contributed by atoms with Crippen molar-refractivity contribution in [2.75, 3.05) is 37.9 Å². The second-order valence-corrected chi connectivity index (χ2v) is 11.0. The molecule has 0 spiro atoms. The van der Waals surface area contributed by atoms with Crippen molar-refractivity contribution in [3.05, 3.63) is 107 Å². The van der Waals surface area contributed by atoms with E-state index in [1.807, 2.05) is 30.3 Å². The van der Waals surface area contributed by atoms with Crippen LogP contribution >= 0.6 is 11.6 Å². The molecule has 0 saturated heterocycles. The van der Waals surface area contributed by atoms with Gasteiger partial charge in [0.05, 0.1) is 40.6 Å². The molecule has 2 N–H and O–H groups in total. The average Bonchev–Trinajstić information content (AvgIpc) is 3.06. The van der Waals surface area contributed by atoms with Gasteiger partial charge in [-0.1, -0.05) is 41.9 Å². The molecule has 12 nitrogen and oxygen atoms in total. The van der Waals surface area contributed by atoms with Crippen molar-refractivity contribution in [3.63, 3.8) is 0 Å². The second-order valence-electron chi connectivity index (χ2n) is 10.6. The van der Waals surface area contributed by atoms with Gasteiger partial charge in [-0.25, -0.2) is 9.59 Å². The number of rotatable bonds is 11. The molecule has 0 aliphatic carbocycles. The number of halogens is 1. The lowest BCUT2D eigenvalue weighted by Crippen LogP contribution is -2.27. The Morgan fingerprint density at radius 1 is 1.00 bits per heavy atom. The minimum absolute atomic E-state index is 0.0200. The van der Waals surface area contributed by atoms with Gasteiger partial charge in [-0.3, -0.25) is 9.78 Å². The molecule has 48 heavy (non-hydrogen) atoms. The van der Waals surface area contributed by atoms with E-state index in [9.17, 15) is 19.6 Å². The van der Waals surface area contributed by atoms with Crippen LogP contribution in [0.5, 0.6) is 11.5 Å². The van der Waals surface area contributed by atoms with Crippen LogP contribution in [0.2, 0.25) is 5.02 Å². The number of likely N-dealkylation sites (N-methyl/N-ethyl adjacent to an activating group) is 1. The van der Waals surface area contributed by atoms with Crippen molar-refractivity contribution >= 4 is 57.4 Å². The van der Waals surface area contributed by atoms with Crippen molar-refractivity contribution in [2.45, 2.75) is 13.5 Å². The van der Waals surface area contributed by atoms with Crippen LogP contribution in [0.4, 0.5) is 17.1 Å². The number of benzene rings is 3. The number of hydrogen-bond acceptors (Lipinski definition) is 11. The van der Waals surface area contributed by atoms with Crippen LogP contribution in [-0.2, 0) is 30.5 Å². The molecule has 13 heteroatoms. The predicted octanol–water partition coefficient (Wildman–Crippen LogP) is 5.85. The van der Waals surface area contributed by atoms with Crippen LogP contribution < -0.4 is 20.1 Å². The number of nitrogens with zero attached hydrogens (tertiary/aromatic N) is 3. The summed E-state index contributed by atoms with van der Waals surface area (Å²) in [4.78, 5) is 44.2. The van der Waals surface area contributed by atoms with Gasteiger partial charge in [0.15, 0.2) is 5.76 Å². The summed E-state index contributed by atoms with van der Waals surface area (Å²) >= 11 is 6.56. The second kappa shape index (κ2) is 15.1. The monoisotopic (exact) mass is 667 g/mol. The number of carbonyl (C=O) groups is 3. The van der Waals surface area contributed by atoms with Crippen molar-refractivity contribution in [2.24, 2.45) is 0 Å². The Labute approximate surface area is 281 Å². The summed E-state index contributed by atoms with van der Waals surface area (Å²) in [5.74, 6) is -2.56. The summed E-state index contributed by atoms with van der Waals surface area (Å²) in [5, 5.41) is 16.7. The number of nitrogens with one attached hydrogen (secondary N) is 2. The van der Waals surface area contributed by atoms with Crippen LogP contribution in [0.15, 0.2) is 90.5 Å². The number of hydrogen-bond donors (Lipinski definition) is 2. The van der Waals surface area contributed by atoms with Crippen LogP contribution in [0, 0.1) is 11.3 Å². The molecule has 0 unspecified atom stereocenters. The predicted molar refractivity (Wildman–Crippen MR) is 179 cm³/mol. The zero-order valence-corrected chi connectivity index (χ0v) is 27.0. The van der Waals surface area contributed by atoms with Gasteiger partial charge in [-0.15, -0.1) is 0 Å². The highest BCUT2D eigenvalue weighted by Gasteiger charge is 2.27. The molecular weight excluding hydrogens is 638 g/mol. The molecule has 2 heterocycles. The first-order valence-corrected chi connectivity index (χ1v) is 15.1. The Morgan fingerprint density at radius 3 is 2.44 bits per heavy atom. The smallest absolute Gasteiger partial charge is 0.336 e. The molecule has 1 aromatic heterocycles. The van der Waals surface area contributed by atoms with Gasteiger partial charge in [0, 0.05) is 35.5 Å². The maximum absolute atomic E-state index is 13.6. The lowest BCUT2D eigenvalue weighted by atomic mass is 10.1. The summed E-state index contributed by atoms with van der Waals surface area (Å²) in [7, 11) is 3.38. The van der Waals surface area contributed by atoms with Gasteiger partial charge in [-0.05, 0) is 50.8 Å². The highest BCUT2D eigenvalue weighted by atomic mass is 35.5. The molecule has 3 aromatic carbocycles. The summed E-state index contributed by atoms with van der Waals surface area (Å²) < 4.78 is 22.3. The van der Waals surface area contributed by atoms with E-state index in [1.165, 1.54) is 6.20 Å². The zero-order chi connectivity index (χ0) is 34.2. The van der Waals surface area contributed by atoms with Gasteiger partial charge in [-0.2, -0.15) is 5.26 Å². The molecule has 5 rings (SSSR count). The van der Waals surface area contributed by atoms with E-state index in [0.29, 0.717) is 39.7 Å². The summed E-state index contributed by atoms with van der Waals surface area (Å²) in [5.41, 5.74) is 2.78. The van der Waals surface area contributed by atoms with Crippen molar-refractivity contribution < 1.29 is 33.3 Å². The van der Waals surface area contributed by atoms with E-state index in [4.69, 9.17) is 30.5 Å². The Hall–Kier alpha value is -5.90. The van der Waals surface area contributed by atoms with E-state index in [1.54, 1.807) is 56.3 Å². The Balaban J connectivity index is 1.50. The fourth-order valence-corrected chi connectivity index (χ4v) is 4.90. The fraction of sp³-hybridized carbons (Fsp3) is 0.171. The summed E-state index contributed by atoms with van der Waals surface area (Å²) in [6.45, 7) is 2.34. The Bertz CT molecular complexity index is 1990. The number of fused-ring (bicyclic) bond motifs is 1. The molecular formula is C35H30ClN5O7. The Kier molecular flexibility index (Phi) is 10.5. The van der Waals surface area contributed by atoms with Gasteiger partial charge in [0.1, 0.15) is 24.2 Å². The van der Waals surface area contributed by atoms with Gasteiger partial charge < -0.3 is 34.5 Å². The normalized spacial score (nSPS) is 15.1. The number of pyridine rings is 1. The molecule has 1 aliphatic rings. The van der Waals surface area contributed by atoms with E-state index in [0.717, 1.165) is 17.7 Å². The number of ether oxygens (including phenoxy) is 4. The first-order chi connectivity index (χ1) is 23.1. The maximum atomic E-state index is 13.6. The number of carbonyl (C=O) groups excluding carboxylic acids is 3. The number of cyclic esters (lactones) is 2. The average molecular weight is 668 g/mol. The third kappa shape index (κ3) is 8.08. The summed E-state index contributed by atoms with van der Waals surface area (Å²) in [6, 6.07) is 20.2. The molecule has 0 saturated carbocycles. The number of aromatic nitrogens is 1. The van der Waals surface area contributed by atoms with Crippen LogP contribution in [0.1, 0.15) is 18.1 Å². The molecule has 0 radical (unpaired) electrons. The van der Waals surface area contributed by atoms with E-state index >= 15 is 0 Å².